The minimum atomic E-state index is -0.0258. The van der Waals surface area contributed by atoms with Crippen molar-refractivity contribution < 1.29 is 9.53 Å². The number of carbonyl (C=O) groups is 1. The Bertz CT molecular complexity index is 206. The smallest absolute Gasteiger partial charge is 0.308 e. The maximum Gasteiger partial charge on any atom is 0.308 e. The number of ether oxygens (including phenoxy) is 1. The van der Waals surface area contributed by atoms with E-state index in [2.05, 4.69) is 18.7 Å². The van der Waals surface area contributed by atoms with Gasteiger partial charge in [0.2, 0.25) is 0 Å². The molecule has 1 saturated heterocycles. The summed E-state index contributed by atoms with van der Waals surface area (Å²) in [4.78, 5) is 13.9. The van der Waals surface area contributed by atoms with Crippen LogP contribution in [-0.2, 0) is 9.53 Å². The van der Waals surface area contributed by atoms with E-state index in [1.54, 1.807) is 0 Å². The molecule has 1 fully saturated rings. The Labute approximate surface area is 99.1 Å². The van der Waals surface area contributed by atoms with Gasteiger partial charge >= 0.3 is 5.97 Å². The van der Waals surface area contributed by atoms with Crippen molar-refractivity contribution >= 4 is 5.97 Å². The first-order valence-electron chi connectivity index (χ1n) is 6.51. The molecule has 1 aliphatic rings. The van der Waals surface area contributed by atoms with Crippen molar-refractivity contribution in [2.24, 2.45) is 11.8 Å². The maximum atomic E-state index is 11.4. The molecule has 0 amide bonds. The summed E-state index contributed by atoms with van der Waals surface area (Å²) in [5.41, 5.74) is 0. The van der Waals surface area contributed by atoms with E-state index < -0.39 is 0 Å². The fraction of sp³-hybridized carbons (Fsp3) is 0.923. The highest BCUT2D eigenvalue weighted by atomic mass is 16.5. The molecule has 0 radical (unpaired) electrons. The minimum Gasteiger partial charge on any atom is -0.469 e. The van der Waals surface area contributed by atoms with E-state index in [0.29, 0.717) is 0 Å². The third-order valence-electron chi connectivity index (χ3n) is 3.79. The van der Waals surface area contributed by atoms with Crippen LogP contribution in [0, 0.1) is 11.8 Å². The zero-order chi connectivity index (χ0) is 12.0. The average molecular weight is 227 g/mol. The lowest BCUT2D eigenvalue weighted by atomic mass is 9.95. The standard InChI is InChI=1S/C13H25NO2/c1-4-11(5-2)10-14-8-6-12(7-9-14)13(15)16-3/h11-12H,4-10H2,1-3H3. The quantitative estimate of drug-likeness (QED) is 0.675. The second-order valence-corrected chi connectivity index (χ2v) is 4.78. The van der Waals surface area contributed by atoms with Gasteiger partial charge in [-0.3, -0.25) is 4.79 Å². The lowest BCUT2D eigenvalue weighted by molar-refractivity contribution is -0.147. The highest BCUT2D eigenvalue weighted by Crippen LogP contribution is 2.20. The van der Waals surface area contributed by atoms with Crippen molar-refractivity contribution in [2.45, 2.75) is 39.5 Å². The maximum absolute atomic E-state index is 11.4. The van der Waals surface area contributed by atoms with Gasteiger partial charge in [-0.05, 0) is 31.8 Å². The lowest BCUT2D eigenvalue weighted by Crippen LogP contribution is -2.39. The molecule has 0 aliphatic carbocycles. The van der Waals surface area contributed by atoms with E-state index in [-0.39, 0.29) is 11.9 Å². The normalized spacial score (nSPS) is 19.0. The van der Waals surface area contributed by atoms with Crippen LogP contribution in [0.15, 0.2) is 0 Å². The van der Waals surface area contributed by atoms with Crippen molar-refractivity contribution in [3.63, 3.8) is 0 Å². The van der Waals surface area contributed by atoms with E-state index in [1.165, 1.54) is 26.5 Å². The summed E-state index contributed by atoms with van der Waals surface area (Å²) < 4.78 is 4.79. The van der Waals surface area contributed by atoms with Gasteiger partial charge in [-0.1, -0.05) is 26.7 Å². The number of methoxy groups -OCH3 is 1. The molecule has 0 saturated carbocycles. The molecule has 1 heterocycles. The molecule has 0 unspecified atom stereocenters. The van der Waals surface area contributed by atoms with Gasteiger partial charge in [-0.15, -0.1) is 0 Å². The first-order chi connectivity index (χ1) is 7.71. The monoisotopic (exact) mass is 227 g/mol. The molecule has 0 spiro atoms. The van der Waals surface area contributed by atoms with Crippen LogP contribution >= 0.6 is 0 Å². The largest absolute Gasteiger partial charge is 0.469 e. The first-order valence-corrected chi connectivity index (χ1v) is 6.51. The number of hydrogen-bond acceptors (Lipinski definition) is 3. The summed E-state index contributed by atoms with van der Waals surface area (Å²) in [5, 5.41) is 0. The zero-order valence-corrected chi connectivity index (χ0v) is 10.9. The molecule has 3 nitrogen and oxygen atoms in total. The van der Waals surface area contributed by atoms with Gasteiger partial charge in [-0.2, -0.15) is 0 Å². The Balaban J connectivity index is 2.29. The van der Waals surface area contributed by atoms with Crippen LogP contribution in [0.5, 0.6) is 0 Å². The number of rotatable bonds is 5. The molecule has 3 heteroatoms. The Morgan fingerprint density at radius 2 is 1.88 bits per heavy atom. The zero-order valence-electron chi connectivity index (χ0n) is 10.9. The summed E-state index contributed by atoms with van der Waals surface area (Å²) in [6.45, 7) is 7.82. The minimum absolute atomic E-state index is 0.0258. The van der Waals surface area contributed by atoms with Crippen LogP contribution in [0.4, 0.5) is 0 Å². The number of carbonyl (C=O) groups excluding carboxylic acids is 1. The van der Waals surface area contributed by atoms with Crippen LogP contribution in [0.2, 0.25) is 0 Å². The van der Waals surface area contributed by atoms with E-state index >= 15 is 0 Å². The van der Waals surface area contributed by atoms with Crippen LogP contribution in [0.3, 0.4) is 0 Å². The number of piperidine rings is 1. The summed E-state index contributed by atoms with van der Waals surface area (Å²) in [7, 11) is 1.49. The van der Waals surface area contributed by atoms with Crippen LogP contribution in [-0.4, -0.2) is 37.6 Å². The van der Waals surface area contributed by atoms with Crippen molar-refractivity contribution in [3.05, 3.63) is 0 Å². The van der Waals surface area contributed by atoms with Gasteiger partial charge in [0.1, 0.15) is 0 Å². The Hall–Kier alpha value is -0.570. The Morgan fingerprint density at radius 3 is 2.31 bits per heavy atom. The predicted molar refractivity (Wildman–Crippen MR) is 65.3 cm³/mol. The molecule has 0 aromatic heterocycles. The number of nitrogens with zero attached hydrogens (tertiary/aromatic N) is 1. The predicted octanol–water partition coefficient (Wildman–Crippen LogP) is 2.31. The van der Waals surface area contributed by atoms with Crippen molar-refractivity contribution in [2.75, 3.05) is 26.7 Å². The fourth-order valence-electron chi connectivity index (χ4n) is 2.43. The van der Waals surface area contributed by atoms with Gasteiger partial charge in [0.15, 0.2) is 0 Å². The molecular formula is C13H25NO2. The molecular weight excluding hydrogens is 202 g/mol. The average Bonchev–Trinajstić information content (AvgIpc) is 2.35. The molecule has 94 valence electrons. The Kier molecular flexibility index (Phi) is 5.81. The molecule has 0 N–H and O–H groups in total. The molecule has 1 aliphatic heterocycles. The van der Waals surface area contributed by atoms with Crippen molar-refractivity contribution in [3.8, 4) is 0 Å². The third-order valence-corrected chi connectivity index (χ3v) is 3.79. The highest BCUT2D eigenvalue weighted by Gasteiger charge is 2.26. The number of esters is 1. The van der Waals surface area contributed by atoms with E-state index in [0.717, 1.165) is 31.8 Å². The van der Waals surface area contributed by atoms with Gasteiger partial charge in [0.25, 0.3) is 0 Å². The first kappa shape index (κ1) is 13.5. The highest BCUT2D eigenvalue weighted by molar-refractivity contribution is 5.72. The molecule has 0 atom stereocenters. The second-order valence-electron chi connectivity index (χ2n) is 4.78. The summed E-state index contributed by atoms with van der Waals surface area (Å²) in [6.07, 6.45) is 4.44. The third kappa shape index (κ3) is 3.78. The molecule has 0 bridgehead atoms. The summed E-state index contributed by atoms with van der Waals surface area (Å²) in [6, 6.07) is 0. The van der Waals surface area contributed by atoms with E-state index in [4.69, 9.17) is 4.74 Å². The lowest BCUT2D eigenvalue weighted by Gasteiger charge is -2.32. The SMILES string of the molecule is CCC(CC)CN1CCC(C(=O)OC)CC1. The molecule has 16 heavy (non-hydrogen) atoms. The summed E-state index contributed by atoms with van der Waals surface area (Å²) in [5.74, 6) is 0.930. The van der Waals surface area contributed by atoms with Crippen LogP contribution in [0.1, 0.15) is 39.5 Å². The second kappa shape index (κ2) is 6.89. The molecule has 0 aromatic rings. The van der Waals surface area contributed by atoms with Gasteiger partial charge < -0.3 is 9.64 Å². The van der Waals surface area contributed by atoms with E-state index in [1.807, 2.05) is 0 Å². The molecule has 1 rings (SSSR count). The summed E-state index contributed by atoms with van der Waals surface area (Å²) >= 11 is 0. The van der Waals surface area contributed by atoms with Gasteiger partial charge in [0.05, 0.1) is 13.0 Å². The molecule has 0 aromatic carbocycles. The van der Waals surface area contributed by atoms with Gasteiger partial charge in [-0.25, -0.2) is 0 Å². The fourth-order valence-corrected chi connectivity index (χ4v) is 2.43. The Morgan fingerprint density at radius 1 is 1.31 bits per heavy atom. The van der Waals surface area contributed by atoms with Crippen molar-refractivity contribution in [1.82, 2.24) is 4.90 Å². The van der Waals surface area contributed by atoms with Gasteiger partial charge in [0, 0.05) is 6.54 Å². The van der Waals surface area contributed by atoms with E-state index in [9.17, 15) is 4.79 Å². The topological polar surface area (TPSA) is 29.5 Å². The number of likely N-dealkylation sites (tertiary alicyclic amines) is 1. The van der Waals surface area contributed by atoms with Crippen molar-refractivity contribution in [1.29, 1.82) is 0 Å². The van der Waals surface area contributed by atoms with Crippen LogP contribution < -0.4 is 0 Å². The number of hydrogen-bond donors (Lipinski definition) is 0. The van der Waals surface area contributed by atoms with Crippen LogP contribution in [0.25, 0.3) is 0 Å².